The summed E-state index contributed by atoms with van der Waals surface area (Å²) in [6.07, 6.45) is 3.80. The molecule has 0 bridgehead atoms. The molecule has 1 saturated carbocycles. The van der Waals surface area contributed by atoms with E-state index >= 15 is 0 Å². The third-order valence-electron chi connectivity index (χ3n) is 4.01. The molecule has 1 aromatic rings. The van der Waals surface area contributed by atoms with Gasteiger partial charge in [-0.05, 0) is 40.4 Å². The highest BCUT2D eigenvalue weighted by Crippen LogP contribution is 2.37. The van der Waals surface area contributed by atoms with Gasteiger partial charge in [-0.25, -0.2) is 4.39 Å². The lowest BCUT2D eigenvalue weighted by Crippen LogP contribution is -2.37. The molecule has 0 amide bonds. The standard InChI is InChI=1S/C15H18BrFO3/c16-14-11(2-1-3-13(14)17)10-18-12-4-6-15(7-5-12)19-8-9-20-15/h1-3,12H,4-10H2. The summed E-state index contributed by atoms with van der Waals surface area (Å²) in [5.41, 5.74) is 0.846. The third kappa shape index (κ3) is 3.06. The van der Waals surface area contributed by atoms with Crippen LogP contribution in [0.3, 0.4) is 0 Å². The highest BCUT2D eigenvalue weighted by Gasteiger charge is 2.40. The van der Waals surface area contributed by atoms with Crippen molar-refractivity contribution in [2.45, 2.75) is 44.2 Å². The average Bonchev–Trinajstić information content (AvgIpc) is 2.91. The lowest BCUT2D eigenvalue weighted by atomic mass is 9.92. The fraction of sp³-hybridized carbons (Fsp3) is 0.600. The minimum atomic E-state index is -0.348. The van der Waals surface area contributed by atoms with Gasteiger partial charge in [0.15, 0.2) is 5.79 Å². The van der Waals surface area contributed by atoms with E-state index in [0.717, 1.165) is 31.2 Å². The van der Waals surface area contributed by atoms with Crippen LogP contribution in [0.25, 0.3) is 0 Å². The molecule has 0 radical (unpaired) electrons. The molecule has 0 atom stereocenters. The summed E-state index contributed by atoms with van der Waals surface area (Å²) >= 11 is 3.26. The van der Waals surface area contributed by atoms with Crippen LogP contribution in [0.4, 0.5) is 4.39 Å². The Morgan fingerprint density at radius 2 is 1.95 bits per heavy atom. The molecule has 110 valence electrons. The summed E-state index contributed by atoms with van der Waals surface area (Å²) in [6.45, 7) is 1.82. The Labute approximate surface area is 126 Å². The molecule has 3 nitrogen and oxygen atoms in total. The molecule has 1 heterocycles. The molecule has 5 heteroatoms. The van der Waals surface area contributed by atoms with Crippen molar-refractivity contribution in [3.8, 4) is 0 Å². The smallest absolute Gasteiger partial charge is 0.168 e. The maximum absolute atomic E-state index is 13.4. The molecular weight excluding hydrogens is 327 g/mol. The fourth-order valence-electron chi connectivity index (χ4n) is 2.85. The first-order valence-electron chi connectivity index (χ1n) is 7.01. The SMILES string of the molecule is Fc1cccc(COC2CCC3(CC2)OCCO3)c1Br. The van der Waals surface area contributed by atoms with Gasteiger partial charge in [0.05, 0.1) is 30.4 Å². The highest BCUT2D eigenvalue weighted by atomic mass is 79.9. The first-order valence-corrected chi connectivity index (χ1v) is 7.80. The molecule has 1 aromatic carbocycles. The summed E-state index contributed by atoms with van der Waals surface area (Å²) < 4.78 is 31.2. The summed E-state index contributed by atoms with van der Waals surface area (Å²) in [4.78, 5) is 0. The van der Waals surface area contributed by atoms with Crippen molar-refractivity contribution in [1.29, 1.82) is 0 Å². The zero-order valence-electron chi connectivity index (χ0n) is 11.2. The second-order valence-electron chi connectivity index (χ2n) is 5.33. The number of ether oxygens (including phenoxy) is 3. The molecule has 2 aliphatic rings. The van der Waals surface area contributed by atoms with Gasteiger partial charge in [0.2, 0.25) is 0 Å². The summed E-state index contributed by atoms with van der Waals surface area (Å²) in [7, 11) is 0. The summed E-state index contributed by atoms with van der Waals surface area (Å²) in [6, 6.07) is 5.02. The monoisotopic (exact) mass is 344 g/mol. The minimum Gasteiger partial charge on any atom is -0.373 e. The predicted molar refractivity (Wildman–Crippen MR) is 75.8 cm³/mol. The molecule has 3 rings (SSSR count). The normalized spacial score (nSPS) is 22.5. The van der Waals surface area contributed by atoms with Crippen LogP contribution in [0.15, 0.2) is 22.7 Å². The van der Waals surface area contributed by atoms with Crippen LogP contribution in [0.2, 0.25) is 0 Å². The van der Waals surface area contributed by atoms with Crippen LogP contribution >= 0.6 is 15.9 Å². The molecule has 1 spiro atoms. The van der Waals surface area contributed by atoms with E-state index in [1.165, 1.54) is 6.07 Å². The molecule has 0 N–H and O–H groups in total. The van der Waals surface area contributed by atoms with E-state index < -0.39 is 0 Å². The molecule has 1 aliphatic heterocycles. The van der Waals surface area contributed by atoms with E-state index in [4.69, 9.17) is 14.2 Å². The van der Waals surface area contributed by atoms with Crippen LogP contribution < -0.4 is 0 Å². The lowest BCUT2D eigenvalue weighted by molar-refractivity contribution is -0.192. The van der Waals surface area contributed by atoms with Crippen LogP contribution in [0.5, 0.6) is 0 Å². The van der Waals surface area contributed by atoms with Crippen molar-refractivity contribution in [2.24, 2.45) is 0 Å². The number of hydrogen-bond acceptors (Lipinski definition) is 3. The minimum absolute atomic E-state index is 0.198. The fourth-order valence-corrected chi connectivity index (χ4v) is 3.23. The number of rotatable bonds is 3. The predicted octanol–water partition coefficient (Wildman–Crippen LogP) is 3.79. The van der Waals surface area contributed by atoms with Gasteiger partial charge in [0, 0.05) is 12.8 Å². The Bertz CT molecular complexity index is 464. The zero-order chi connectivity index (χ0) is 14.0. The largest absolute Gasteiger partial charge is 0.373 e. The van der Waals surface area contributed by atoms with Gasteiger partial charge in [-0.2, -0.15) is 0 Å². The second kappa shape index (κ2) is 6.10. The molecule has 0 unspecified atom stereocenters. The average molecular weight is 345 g/mol. The van der Waals surface area contributed by atoms with Gasteiger partial charge < -0.3 is 14.2 Å². The molecular formula is C15H18BrFO3. The summed E-state index contributed by atoms with van der Waals surface area (Å²) in [5.74, 6) is -0.597. The van der Waals surface area contributed by atoms with E-state index in [1.54, 1.807) is 6.07 Å². The molecule has 1 saturated heterocycles. The van der Waals surface area contributed by atoms with Crippen molar-refractivity contribution in [2.75, 3.05) is 13.2 Å². The van der Waals surface area contributed by atoms with Crippen LogP contribution in [0.1, 0.15) is 31.2 Å². The van der Waals surface area contributed by atoms with E-state index in [9.17, 15) is 4.39 Å². The molecule has 0 aromatic heterocycles. The first kappa shape index (κ1) is 14.4. The third-order valence-corrected chi connectivity index (χ3v) is 4.90. The van der Waals surface area contributed by atoms with Crippen molar-refractivity contribution in [3.05, 3.63) is 34.1 Å². The first-order chi connectivity index (χ1) is 9.69. The Balaban J connectivity index is 1.51. The Kier molecular flexibility index (Phi) is 4.40. The molecule has 2 fully saturated rings. The van der Waals surface area contributed by atoms with Crippen molar-refractivity contribution >= 4 is 15.9 Å². The van der Waals surface area contributed by atoms with Gasteiger partial charge in [-0.15, -0.1) is 0 Å². The van der Waals surface area contributed by atoms with E-state index in [-0.39, 0.29) is 17.7 Å². The maximum Gasteiger partial charge on any atom is 0.168 e. The summed E-state index contributed by atoms with van der Waals surface area (Å²) in [5, 5.41) is 0. The van der Waals surface area contributed by atoms with Gasteiger partial charge in [0.1, 0.15) is 5.82 Å². The van der Waals surface area contributed by atoms with E-state index in [0.29, 0.717) is 24.3 Å². The van der Waals surface area contributed by atoms with Crippen LogP contribution in [-0.4, -0.2) is 25.1 Å². The second-order valence-corrected chi connectivity index (χ2v) is 6.12. The number of hydrogen-bond donors (Lipinski definition) is 0. The highest BCUT2D eigenvalue weighted by molar-refractivity contribution is 9.10. The van der Waals surface area contributed by atoms with Crippen LogP contribution in [0, 0.1) is 5.82 Å². The lowest BCUT2D eigenvalue weighted by Gasteiger charge is -2.35. The van der Waals surface area contributed by atoms with Gasteiger partial charge in [-0.3, -0.25) is 0 Å². The van der Waals surface area contributed by atoms with Gasteiger partial charge in [-0.1, -0.05) is 12.1 Å². The Hall–Kier alpha value is -0.490. The van der Waals surface area contributed by atoms with Crippen molar-refractivity contribution in [1.82, 2.24) is 0 Å². The van der Waals surface area contributed by atoms with E-state index in [1.807, 2.05) is 6.07 Å². The zero-order valence-corrected chi connectivity index (χ0v) is 12.8. The molecule has 20 heavy (non-hydrogen) atoms. The molecule has 1 aliphatic carbocycles. The topological polar surface area (TPSA) is 27.7 Å². The number of benzene rings is 1. The Morgan fingerprint density at radius 3 is 2.65 bits per heavy atom. The quantitative estimate of drug-likeness (QED) is 0.834. The van der Waals surface area contributed by atoms with E-state index in [2.05, 4.69) is 15.9 Å². The number of halogens is 2. The maximum atomic E-state index is 13.4. The van der Waals surface area contributed by atoms with Crippen molar-refractivity contribution in [3.63, 3.8) is 0 Å². The Morgan fingerprint density at radius 1 is 1.25 bits per heavy atom. The van der Waals surface area contributed by atoms with Gasteiger partial charge >= 0.3 is 0 Å². The van der Waals surface area contributed by atoms with Crippen molar-refractivity contribution < 1.29 is 18.6 Å². The van der Waals surface area contributed by atoms with Gasteiger partial charge in [0.25, 0.3) is 0 Å². The van der Waals surface area contributed by atoms with Crippen LogP contribution in [-0.2, 0) is 20.8 Å².